The van der Waals surface area contributed by atoms with Crippen LogP contribution in [0.4, 0.5) is 0 Å². The molecule has 1 rings (SSSR count). The van der Waals surface area contributed by atoms with Crippen LogP contribution in [0.3, 0.4) is 0 Å². The maximum atomic E-state index is 3.49. The van der Waals surface area contributed by atoms with E-state index in [1.807, 2.05) is 11.3 Å². The number of aryl methyl sites for hydroxylation is 2. The second kappa shape index (κ2) is 6.20. The Morgan fingerprint density at radius 1 is 1.29 bits per heavy atom. The average Bonchev–Trinajstić information content (AvgIpc) is 2.46. The number of rotatable bonds is 6. The Kier molecular flexibility index (Phi) is 5.20. The van der Waals surface area contributed by atoms with Crippen molar-refractivity contribution in [3.05, 3.63) is 21.4 Å². The minimum atomic E-state index is 1.04. The molecule has 80 valence electrons. The highest BCUT2D eigenvalue weighted by Gasteiger charge is 2.00. The molecule has 0 aliphatic heterocycles. The highest BCUT2D eigenvalue weighted by Crippen LogP contribution is 2.20. The van der Waals surface area contributed by atoms with E-state index in [0.29, 0.717) is 0 Å². The molecule has 14 heavy (non-hydrogen) atoms. The van der Waals surface area contributed by atoms with Crippen LogP contribution in [0.25, 0.3) is 0 Å². The summed E-state index contributed by atoms with van der Waals surface area (Å²) >= 11 is 1.92. The Bertz CT molecular complexity index is 246. The van der Waals surface area contributed by atoms with E-state index in [1.54, 1.807) is 0 Å². The highest BCUT2D eigenvalue weighted by atomic mass is 32.1. The molecular formula is C12H21NS. The van der Waals surface area contributed by atoms with Crippen molar-refractivity contribution in [2.75, 3.05) is 6.54 Å². The average molecular weight is 211 g/mol. The summed E-state index contributed by atoms with van der Waals surface area (Å²) < 4.78 is 0. The summed E-state index contributed by atoms with van der Waals surface area (Å²) in [6.07, 6.45) is 3.95. The summed E-state index contributed by atoms with van der Waals surface area (Å²) in [5, 5.41) is 3.49. The van der Waals surface area contributed by atoms with Crippen LogP contribution in [-0.2, 0) is 6.54 Å². The lowest BCUT2D eigenvalue weighted by molar-refractivity contribution is 0.620. The van der Waals surface area contributed by atoms with Crippen LogP contribution in [0.15, 0.2) is 6.07 Å². The first-order valence-electron chi connectivity index (χ1n) is 5.50. The van der Waals surface area contributed by atoms with E-state index in [4.69, 9.17) is 0 Å². The summed E-state index contributed by atoms with van der Waals surface area (Å²) in [4.78, 5) is 2.92. The molecular weight excluding hydrogens is 190 g/mol. The van der Waals surface area contributed by atoms with Crippen molar-refractivity contribution in [3.8, 4) is 0 Å². The Morgan fingerprint density at radius 3 is 2.64 bits per heavy atom. The number of hydrogen-bond acceptors (Lipinski definition) is 2. The molecule has 0 aromatic carbocycles. The lowest BCUT2D eigenvalue weighted by atomic mass is 10.2. The molecule has 1 aromatic heterocycles. The Balaban J connectivity index is 2.18. The standard InChI is InChI=1S/C12H21NS/c1-4-5-6-7-13-9-12-8-10(2)11(3)14-12/h8,13H,4-7,9H2,1-3H3. The van der Waals surface area contributed by atoms with Crippen LogP contribution in [0.2, 0.25) is 0 Å². The second-order valence-corrected chi connectivity index (χ2v) is 5.18. The highest BCUT2D eigenvalue weighted by molar-refractivity contribution is 7.12. The molecule has 1 N–H and O–H groups in total. The van der Waals surface area contributed by atoms with Crippen LogP contribution in [0, 0.1) is 13.8 Å². The monoisotopic (exact) mass is 211 g/mol. The third-order valence-electron chi connectivity index (χ3n) is 2.47. The molecule has 0 radical (unpaired) electrons. The van der Waals surface area contributed by atoms with Crippen molar-refractivity contribution in [3.63, 3.8) is 0 Å². The van der Waals surface area contributed by atoms with Gasteiger partial charge in [-0.15, -0.1) is 11.3 Å². The van der Waals surface area contributed by atoms with Gasteiger partial charge < -0.3 is 5.32 Å². The Labute approximate surface area is 91.5 Å². The van der Waals surface area contributed by atoms with Crippen LogP contribution >= 0.6 is 11.3 Å². The molecule has 0 fully saturated rings. The Hall–Kier alpha value is -0.340. The van der Waals surface area contributed by atoms with Crippen LogP contribution < -0.4 is 5.32 Å². The topological polar surface area (TPSA) is 12.0 Å². The molecule has 0 aliphatic rings. The first-order chi connectivity index (χ1) is 6.74. The summed E-state index contributed by atoms with van der Waals surface area (Å²) in [5.41, 5.74) is 1.43. The lowest BCUT2D eigenvalue weighted by Crippen LogP contribution is -2.13. The molecule has 0 spiro atoms. The molecule has 0 saturated carbocycles. The minimum Gasteiger partial charge on any atom is -0.312 e. The number of hydrogen-bond donors (Lipinski definition) is 1. The normalized spacial score (nSPS) is 10.8. The zero-order chi connectivity index (χ0) is 10.4. The van der Waals surface area contributed by atoms with Crippen LogP contribution in [-0.4, -0.2) is 6.54 Å². The molecule has 1 heterocycles. The van der Waals surface area contributed by atoms with Crippen molar-refractivity contribution in [2.24, 2.45) is 0 Å². The second-order valence-electron chi connectivity index (χ2n) is 3.84. The molecule has 0 atom stereocenters. The SMILES string of the molecule is CCCCCNCc1cc(C)c(C)s1. The fourth-order valence-corrected chi connectivity index (χ4v) is 2.47. The minimum absolute atomic E-state index is 1.04. The number of nitrogens with one attached hydrogen (secondary N) is 1. The van der Waals surface area contributed by atoms with E-state index < -0.39 is 0 Å². The van der Waals surface area contributed by atoms with E-state index in [0.717, 1.165) is 13.1 Å². The van der Waals surface area contributed by atoms with Crippen molar-refractivity contribution < 1.29 is 0 Å². The van der Waals surface area contributed by atoms with Crippen molar-refractivity contribution >= 4 is 11.3 Å². The van der Waals surface area contributed by atoms with Gasteiger partial charge in [0, 0.05) is 16.3 Å². The number of thiophene rings is 1. The van der Waals surface area contributed by atoms with E-state index in [9.17, 15) is 0 Å². The summed E-state index contributed by atoms with van der Waals surface area (Å²) in [7, 11) is 0. The fourth-order valence-electron chi connectivity index (χ4n) is 1.45. The molecule has 0 unspecified atom stereocenters. The van der Waals surface area contributed by atoms with Crippen molar-refractivity contribution in [1.82, 2.24) is 5.32 Å². The van der Waals surface area contributed by atoms with Gasteiger partial charge in [-0.2, -0.15) is 0 Å². The van der Waals surface area contributed by atoms with Crippen LogP contribution in [0.1, 0.15) is 41.5 Å². The van der Waals surface area contributed by atoms with Gasteiger partial charge in [-0.25, -0.2) is 0 Å². The zero-order valence-corrected chi connectivity index (χ0v) is 10.3. The van der Waals surface area contributed by atoms with Gasteiger partial charge in [-0.3, -0.25) is 0 Å². The first kappa shape index (κ1) is 11.7. The van der Waals surface area contributed by atoms with Gasteiger partial charge >= 0.3 is 0 Å². The van der Waals surface area contributed by atoms with Gasteiger partial charge in [0.05, 0.1) is 0 Å². The molecule has 1 nitrogen and oxygen atoms in total. The zero-order valence-electron chi connectivity index (χ0n) is 9.52. The van der Waals surface area contributed by atoms with E-state index in [2.05, 4.69) is 32.2 Å². The van der Waals surface area contributed by atoms with E-state index in [1.165, 1.54) is 34.6 Å². The van der Waals surface area contributed by atoms with Gasteiger partial charge in [-0.1, -0.05) is 19.8 Å². The molecule has 2 heteroatoms. The fraction of sp³-hybridized carbons (Fsp3) is 0.667. The smallest absolute Gasteiger partial charge is 0.0299 e. The predicted molar refractivity (Wildman–Crippen MR) is 65.0 cm³/mol. The summed E-state index contributed by atoms with van der Waals surface area (Å²) in [6, 6.07) is 2.30. The first-order valence-corrected chi connectivity index (χ1v) is 6.32. The van der Waals surface area contributed by atoms with Crippen LogP contribution in [0.5, 0.6) is 0 Å². The maximum Gasteiger partial charge on any atom is 0.0299 e. The molecule has 0 aliphatic carbocycles. The molecule has 0 amide bonds. The molecule has 1 aromatic rings. The predicted octanol–water partition coefficient (Wildman–Crippen LogP) is 3.64. The maximum absolute atomic E-state index is 3.49. The third-order valence-corrected chi connectivity index (χ3v) is 3.63. The van der Waals surface area contributed by atoms with Gasteiger partial charge in [0.2, 0.25) is 0 Å². The third kappa shape index (κ3) is 3.81. The Morgan fingerprint density at radius 2 is 2.07 bits per heavy atom. The molecule has 0 saturated heterocycles. The van der Waals surface area contributed by atoms with Crippen molar-refractivity contribution in [2.45, 2.75) is 46.6 Å². The van der Waals surface area contributed by atoms with Gasteiger partial charge in [-0.05, 0) is 38.4 Å². The van der Waals surface area contributed by atoms with Crippen molar-refractivity contribution in [1.29, 1.82) is 0 Å². The van der Waals surface area contributed by atoms with Gasteiger partial charge in [0.1, 0.15) is 0 Å². The van der Waals surface area contributed by atoms with E-state index >= 15 is 0 Å². The van der Waals surface area contributed by atoms with Gasteiger partial charge in [0.25, 0.3) is 0 Å². The quantitative estimate of drug-likeness (QED) is 0.708. The summed E-state index contributed by atoms with van der Waals surface area (Å²) in [6.45, 7) is 8.83. The lowest BCUT2D eigenvalue weighted by Gasteiger charge is -2.01. The number of unbranched alkanes of at least 4 members (excludes halogenated alkanes) is 2. The largest absolute Gasteiger partial charge is 0.312 e. The summed E-state index contributed by atoms with van der Waals surface area (Å²) in [5.74, 6) is 0. The van der Waals surface area contributed by atoms with Gasteiger partial charge in [0.15, 0.2) is 0 Å². The molecule has 0 bridgehead atoms. The van der Waals surface area contributed by atoms with E-state index in [-0.39, 0.29) is 0 Å².